The molecule has 2 N–H and O–H groups in total. The number of carbonyl (C=O) groups is 1. The molecule has 0 aliphatic carbocycles. The maximum atomic E-state index is 12.2. The predicted octanol–water partition coefficient (Wildman–Crippen LogP) is 2.85. The highest BCUT2D eigenvalue weighted by atomic mass is 31.1. The fraction of sp³-hybridized carbons (Fsp3) is 0.381. The van der Waals surface area contributed by atoms with Crippen LogP contribution in [-0.2, 0) is 18.3 Å². The Hall–Kier alpha value is -1.76. The molecule has 29 heavy (non-hydrogen) atoms. The van der Waals surface area contributed by atoms with Crippen molar-refractivity contribution in [3.8, 4) is 0 Å². The molecule has 0 aromatic heterocycles. The van der Waals surface area contributed by atoms with Gasteiger partial charge in [0.05, 0.1) is 12.5 Å². The quantitative estimate of drug-likeness (QED) is 0.338. The maximum absolute atomic E-state index is 12.2. The summed E-state index contributed by atoms with van der Waals surface area (Å²) in [6.07, 6.45) is -1.17. The molecule has 2 aromatic carbocycles. The second-order valence-corrected chi connectivity index (χ2v) is 13.5. The second kappa shape index (κ2) is 10.3. The first kappa shape index (κ1) is 23.5. The van der Waals surface area contributed by atoms with Crippen molar-refractivity contribution < 1.29 is 28.5 Å². The van der Waals surface area contributed by atoms with E-state index >= 15 is 0 Å². The molecule has 0 radical (unpaired) electrons. The lowest BCUT2D eigenvalue weighted by molar-refractivity contribution is -0.138. The number of rotatable bonds is 10. The van der Waals surface area contributed by atoms with Gasteiger partial charge in [0, 0.05) is 6.16 Å². The van der Waals surface area contributed by atoms with Crippen LogP contribution in [0, 0.1) is 0 Å². The van der Waals surface area contributed by atoms with Crippen molar-refractivity contribution in [2.75, 3.05) is 13.0 Å². The summed E-state index contributed by atoms with van der Waals surface area (Å²) in [5, 5.41) is 20.0. The molecular weight excluding hydrogens is 407 g/mol. The first-order valence-electron chi connectivity index (χ1n) is 9.48. The van der Waals surface area contributed by atoms with Gasteiger partial charge >= 0.3 is 5.97 Å². The van der Waals surface area contributed by atoms with Crippen LogP contribution in [0.15, 0.2) is 60.7 Å². The molecule has 0 amide bonds. The van der Waals surface area contributed by atoms with E-state index in [0.717, 1.165) is 10.4 Å². The minimum absolute atomic E-state index is 0.0674. The van der Waals surface area contributed by atoms with Crippen LogP contribution in [0.2, 0.25) is 5.04 Å². The van der Waals surface area contributed by atoms with Crippen molar-refractivity contribution in [3.63, 3.8) is 0 Å². The summed E-state index contributed by atoms with van der Waals surface area (Å²) in [6, 6.07) is 19.7. The number of carboxylic acid groups (broad SMARTS) is 1. The molecule has 158 valence electrons. The lowest BCUT2D eigenvalue weighted by atomic mass is 10.2. The van der Waals surface area contributed by atoms with Gasteiger partial charge in [0.1, 0.15) is 6.79 Å². The lowest BCUT2D eigenvalue weighted by Crippen LogP contribution is -2.68. The van der Waals surface area contributed by atoms with Crippen molar-refractivity contribution in [2.45, 2.75) is 38.3 Å². The van der Waals surface area contributed by atoms with Crippen LogP contribution < -0.4 is 10.4 Å². The van der Waals surface area contributed by atoms with E-state index in [0.29, 0.717) is 0 Å². The van der Waals surface area contributed by atoms with Crippen molar-refractivity contribution in [3.05, 3.63) is 60.7 Å². The molecule has 2 atom stereocenters. The van der Waals surface area contributed by atoms with Crippen LogP contribution in [0.3, 0.4) is 0 Å². The van der Waals surface area contributed by atoms with Gasteiger partial charge in [0.2, 0.25) is 0 Å². The normalized spacial score (nSPS) is 14.3. The smallest absolute Gasteiger partial charge is 0.305 e. The topological polar surface area (TPSA) is 93.1 Å². The Bertz CT molecular complexity index is 767. The number of aliphatic hydroxyl groups excluding tert-OH is 1. The maximum Gasteiger partial charge on any atom is 0.305 e. The van der Waals surface area contributed by atoms with E-state index in [1.54, 1.807) is 0 Å². The summed E-state index contributed by atoms with van der Waals surface area (Å²) in [6.45, 7) is 5.59. The average Bonchev–Trinajstić information content (AvgIpc) is 2.66. The van der Waals surface area contributed by atoms with Gasteiger partial charge in [-0.1, -0.05) is 81.4 Å². The van der Waals surface area contributed by atoms with Gasteiger partial charge in [-0.2, -0.15) is 0 Å². The van der Waals surface area contributed by atoms with E-state index in [9.17, 15) is 14.5 Å². The largest absolute Gasteiger partial charge is 0.481 e. The van der Waals surface area contributed by atoms with Crippen LogP contribution in [0.5, 0.6) is 0 Å². The zero-order chi connectivity index (χ0) is 21.5. The van der Waals surface area contributed by atoms with Gasteiger partial charge < -0.3 is 19.2 Å². The summed E-state index contributed by atoms with van der Waals surface area (Å²) in [5.74, 6) is -1.04. The second-order valence-electron chi connectivity index (χ2n) is 7.85. The van der Waals surface area contributed by atoms with Crippen molar-refractivity contribution in [1.29, 1.82) is 0 Å². The molecule has 0 saturated carbocycles. The molecule has 0 saturated heterocycles. The number of benzene rings is 2. The third-order valence-electron chi connectivity index (χ3n) is 4.78. The van der Waals surface area contributed by atoms with Gasteiger partial charge in [-0.25, -0.2) is 0 Å². The van der Waals surface area contributed by atoms with E-state index in [-0.39, 0.29) is 17.6 Å². The molecule has 0 aliphatic rings. The first-order valence-corrected chi connectivity index (χ1v) is 12.9. The Morgan fingerprint density at radius 1 is 1.03 bits per heavy atom. The molecule has 0 aliphatic heterocycles. The molecular formula is C21H29O6PSi. The van der Waals surface area contributed by atoms with Crippen LogP contribution in [0.25, 0.3) is 0 Å². The Morgan fingerprint density at radius 2 is 1.52 bits per heavy atom. The molecule has 0 spiro atoms. The highest BCUT2D eigenvalue weighted by molar-refractivity contribution is 7.39. The van der Waals surface area contributed by atoms with E-state index in [2.05, 4.69) is 20.8 Å². The Kier molecular flexibility index (Phi) is 8.37. The van der Waals surface area contributed by atoms with Gasteiger partial charge in [0.15, 0.2) is 8.03 Å². The number of carboxylic acids is 1. The van der Waals surface area contributed by atoms with Crippen molar-refractivity contribution in [2.24, 2.45) is 0 Å². The van der Waals surface area contributed by atoms with E-state index in [1.165, 1.54) is 0 Å². The van der Waals surface area contributed by atoms with Crippen LogP contribution >= 0.6 is 8.03 Å². The third-order valence-corrected chi connectivity index (χ3v) is 11.1. The average molecular weight is 437 g/mol. The third kappa shape index (κ3) is 5.87. The van der Waals surface area contributed by atoms with Crippen LogP contribution in [-0.4, -0.2) is 43.6 Å². The molecule has 8 heteroatoms. The molecule has 0 bridgehead atoms. The van der Waals surface area contributed by atoms with Gasteiger partial charge in [0.25, 0.3) is 8.32 Å². The Morgan fingerprint density at radius 3 is 1.90 bits per heavy atom. The predicted molar refractivity (Wildman–Crippen MR) is 117 cm³/mol. The highest BCUT2D eigenvalue weighted by Crippen LogP contribution is 2.39. The highest BCUT2D eigenvalue weighted by Gasteiger charge is 2.51. The van der Waals surface area contributed by atoms with Crippen molar-refractivity contribution >= 4 is 32.7 Å². The molecule has 6 nitrogen and oxygen atoms in total. The van der Waals surface area contributed by atoms with E-state index in [4.69, 9.17) is 14.1 Å². The van der Waals surface area contributed by atoms with Crippen LogP contribution in [0.1, 0.15) is 27.2 Å². The molecule has 0 fully saturated rings. The summed E-state index contributed by atoms with van der Waals surface area (Å²) in [7, 11) is -5.60. The summed E-state index contributed by atoms with van der Waals surface area (Å²) < 4.78 is 23.7. The zero-order valence-corrected chi connectivity index (χ0v) is 19.0. The molecule has 2 aromatic rings. The lowest BCUT2D eigenvalue weighted by Gasteiger charge is -2.45. The summed E-state index contributed by atoms with van der Waals surface area (Å²) in [5.41, 5.74) is 0. The first-order chi connectivity index (χ1) is 13.7. The number of aliphatic hydroxyl groups is 1. The number of hydrogen-bond acceptors (Lipinski definition) is 5. The molecule has 2 rings (SSSR count). The Labute approximate surface area is 173 Å². The van der Waals surface area contributed by atoms with E-state index < -0.39 is 35.2 Å². The van der Waals surface area contributed by atoms with Crippen molar-refractivity contribution in [1.82, 2.24) is 0 Å². The fourth-order valence-corrected chi connectivity index (χ4v) is 9.32. The SMILES string of the molecule is CC(C)(C)[Si](OC(CC(=O)O)C[PH](=O)OCO)(c1ccccc1)c1ccccc1. The number of hydrogen-bond donors (Lipinski definition) is 2. The minimum atomic E-state index is -2.97. The van der Waals surface area contributed by atoms with Gasteiger partial charge in [-0.05, 0) is 15.4 Å². The van der Waals surface area contributed by atoms with Crippen LogP contribution in [0.4, 0.5) is 0 Å². The Balaban J connectivity index is 2.61. The summed E-state index contributed by atoms with van der Waals surface area (Å²) in [4.78, 5) is 11.5. The standard InChI is InChI=1S/C21H29O6PSi/c1-21(2,3)29(18-10-6-4-7-11-18,19-12-8-5-9-13-19)27-17(14-20(23)24)15-28(25)26-16-22/h4-13,17,22,28H,14-16H2,1-3H3,(H,23,24). The zero-order valence-electron chi connectivity index (χ0n) is 17.0. The molecule has 0 heterocycles. The van der Waals surface area contributed by atoms with Gasteiger partial charge in [-0.15, -0.1) is 0 Å². The number of aliphatic carboxylic acids is 1. The fourth-order valence-electron chi connectivity index (χ4n) is 3.61. The van der Waals surface area contributed by atoms with E-state index in [1.807, 2.05) is 60.7 Å². The monoisotopic (exact) mass is 436 g/mol. The molecule has 2 unspecified atom stereocenters. The minimum Gasteiger partial charge on any atom is -0.481 e. The summed E-state index contributed by atoms with van der Waals surface area (Å²) >= 11 is 0. The van der Waals surface area contributed by atoms with Gasteiger partial charge in [-0.3, -0.25) is 9.36 Å².